The molecule has 0 bridgehead atoms. The van der Waals surface area contributed by atoms with Gasteiger partial charge < -0.3 is 15.6 Å². The Hall–Kier alpha value is -0.810. The first-order valence-electron chi connectivity index (χ1n) is 5.45. The Balaban J connectivity index is 2.62. The van der Waals surface area contributed by atoms with Crippen LogP contribution >= 0.6 is 15.9 Å². The van der Waals surface area contributed by atoms with Crippen LogP contribution in [0.2, 0.25) is 0 Å². The fraction of sp³-hybridized carbons (Fsp3) is 0.500. The Morgan fingerprint density at radius 1 is 1.59 bits per heavy atom. The highest BCUT2D eigenvalue weighted by atomic mass is 79.9. The molecule has 0 amide bonds. The van der Waals surface area contributed by atoms with Crippen molar-refractivity contribution >= 4 is 15.9 Å². The van der Waals surface area contributed by atoms with Crippen molar-refractivity contribution in [2.75, 3.05) is 7.11 Å². The van der Waals surface area contributed by atoms with Gasteiger partial charge in [-0.15, -0.1) is 0 Å². The van der Waals surface area contributed by atoms with E-state index in [-0.39, 0.29) is 23.0 Å². The standard InChI is InChI=1S/C12H15BrFNO2/c1-6(15)12(3-4-12)9-7(14)5-8(16)11(17-2)10(9)13/h5-6,16H,3-4,15H2,1-2H3. The second kappa shape index (κ2) is 4.14. The van der Waals surface area contributed by atoms with Gasteiger partial charge in [0.25, 0.3) is 0 Å². The lowest BCUT2D eigenvalue weighted by atomic mass is 9.88. The Labute approximate surface area is 108 Å². The highest BCUT2D eigenvalue weighted by Gasteiger charge is 2.51. The molecule has 0 aromatic heterocycles. The lowest BCUT2D eigenvalue weighted by Gasteiger charge is -2.23. The fourth-order valence-corrected chi connectivity index (χ4v) is 3.26. The lowest BCUT2D eigenvalue weighted by Crippen LogP contribution is -2.32. The zero-order valence-corrected chi connectivity index (χ0v) is 11.3. The maximum absolute atomic E-state index is 14.0. The maximum atomic E-state index is 14.0. The number of benzene rings is 1. The van der Waals surface area contributed by atoms with E-state index in [0.29, 0.717) is 10.0 Å². The van der Waals surface area contributed by atoms with Gasteiger partial charge in [-0.05, 0) is 35.7 Å². The molecule has 5 heteroatoms. The average molecular weight is 304 g/mol. The predicted molar refractivity (Wildman–Crippen MR) is 66.9 cm³/mol. The second-order valence-electron chi connectivity index (χ2n) is 4.54. The number of phenols is 1. The summed E-state index contributed by atoms with van der Waals surface area (Å²) in [6.07, 6.45) is 1.71. The number of nitrogens with two attached hydrogens (primary N) is 1. The molecule has 2 rings (SSSR count). The molecule has 0 spiro atoms. The van der Waals surface area contributed by atoms with Gasteiger partial charge in [0, 0.05) is 23.1 Å². The zero-order valence-electron chi connectivity index (χ0n) is 9.76. The Kier molecular flexibility index (Phi) is 3.08. The number of methoxy groups -OCH3 is 1. The highest BCUT2D eigenvalue weighted by Crippen LogP contribution is 2.56. The molecule has 3 nitrogen and oxygen atoms in total. The van der Waals surface area contributed by atoms with Crippen LogP contribution in [0.5, 0.6) is 11.5 Å². The summed E-state index contributed by atoms with van der Waals surface area (Å²) in [5.41, 5.74) is 6.13. The third-order valence-corrected chi connectivity index (χ3v) is 4.27. The topological polar surface area (TPSA) is 55.5 Å². The Bertz CT molecular complexity index is 458. The normalized spacial score (nSPS) is 18.9. The van der Waals surface area contributed by atoms with Crippen molar-refractivity contribution in [2.24, 2.45) is 5.73 Å². The first-order valence-corrected chi connectivity index (χ1v) is 6.24. The molecule has 1 aliphatic carbocycles. The number of hydrogen-bond acceptors (Lipinski definition) is 3. The predicted octanol–water partition coefficient (Wildman–Crippen LogP) is 2.68. The second-order valence-corrected chi connectivity index (χ2v) is 5.34. The molecule has 0 aliphatic heterocycles. The largest absolute Gasteiger partial charge is 0.504 e. The molecule has 1 saturated carbocycles. The van der Waals surface area contributed by atoms with Gasteiger partial charge in [0.2, 0.25) is 0 Å². The molecule has 1 unspecified atom stereocenters. The van der Waals surface area contributed by atoms with Gasteiger partial charge in [-0.25, -0.2) is 4.39 Å². The molecule has 1 aliphatic rings. The zero-order chi connectivity index (χ0) is 12.8. The van der Waals surface area contributed by atoms with Gasteiger partial charge in [0.05, 0.1) is 11.6 Å². The van der Waals surface area contributed by atoms with Crippen LogP contribution in [-0.2, 0) is 5.41 Å². The van der Waals surface area contributed by atoms with Crippen LogP contribution in [0, 0.1) is 5.82 Å². The summed E-state index contributed by atoms with van der Waals surface area (Å²) in [4.78, 5) is 0. The quantitative estimate of drug-likeness (QED) is 0.902. The summed E-state index contributed by atoms with van der Waals surface area (Å²) in [6.45, 7) is 1.87. The number of hydrogen-bond donors (Lipinski definition) is 2. The van der Waals surface area contributed by atoms with Crippen LogP contribution in [0.15, 0.2) is 10.5 Å². The minimum Gasteiger partial charge on any atom is -0.504 e. The first kappa shape index (κ1) is 12.6. The monoisotopic (exact) mass is 303 g/mol. The van der Waals surface area contributed by atoms with Crippen molar-refractivity contribution in [3.63, 3.8) is 0 Å². The van der Waals surface area contributed by atoms with Crippen LogP contribution < -0.4 is 10.5 Å². The highest BCUT2D eigenvalue weighted by molar-refractivity contribution is 9.10. The first-order chi connectivity index (χ1) is 7.94. The van der Waals surface area contributed by atoms with Gasteiger partial charge in [0.15, 0.2) is 11.5 Å². The molecule has 0 heterocycles. The van der Waals surface area contributed by atoms with Crippen LogP contribution in [0.25, 0.3) is 0 Å². The molecule has 1 aromatic rings. The van der Waals surface area contributed by atoms with E-state index in [2.05, 4.69) is 15.9 Å². The van der Waals surface area contributed by atoms with E-state index in [9.17, 15) is 9.50 Å². The van der Waals surface area contributed by atoms with Gasteiger partial charge in [-0.1, -0.05) is 0 Å². The fourth-order valence-electron chi connectivity index (χ4n) is 2.31. The summed E-state index contributed by atoms with van der Waals surface area (Å²) >= 11 is 3.31. The van der Waals surface area contributed by atoms with Crippen molar-refractivity contribution < 1.29 is 14.2 Å². The molecule has 94 valence electrons. The van der Waals surface area contributed by atoms with Crippen LogP contribution in [-0.4, -0.2) is 18.3 Å². The smallest absolute Gasteiger partial charge is 0.175 e. The summed E-state index contributed by atoms with van der Waals surface area (Å²) in [6, 6.07) is 0.948. The van der Waals surface area contributed by atoms with E-state index in [1.807, 2.05) is 6.92 Å². The number of phenolic OH excluding ortho intramolecular Hbond substituents is 1. The third-order valence-electron chi connectivity index (χ3n) is 3.52. The van der Waals surface area contributed by atoms with Crippen molar-refractivity contribution in [1.82, 2.24) is 0 Å². The van der Waals surface area contributed by atoms with Crippen molar-refractivity contribution in [3.8, 4) is 11.5 Å². The van der Waals surface area contributed by atoms with E-state index in [0.717, 1.165) is 18.9 Å². The molecule has 1 atom stereocenters. The molecule has 17 heavy (non-hydrogen) atoms. The summed E-state index contributed by atoms with van der Waals surface area (Å²) in [7, 11) is 1.44. The van der Waals surface area contributed by atoms with Crippen molar-refractivity contribution in [3.05, 3.63) is 21.9 Å². The van der Waals surface area contributed by atoms with Gasteiger partial charge >= 0.3 is 0 Å². The third kappa shape index (κ3) is 1.81. The maximum Gasteiger partial charge on any atom is 0.175 e. The van der Waals surface area contributed by atoms with E-state index >= 15 is 0 Å². The van der Waals surface area contributed by atoms with Crippen molar-refractivity contribution in [1.29, 1.82) is 0 Å². The van der Waals surface area contributed by atoms with E-state index in [1.54, 1.807) is 0 Å². The van der Waals surface area contributed by atoms with Gasteiger partial charge in [-0.2, -0.15) is 0 Å². The van der Waals surface area contributed by atoms with E-state index in [1.165, 1.54) is 7.11 Å². The van der Waals surface area contributed by atoms with Crippen LogP contribution in [0.1, 0.15) is 25.3 Å². The summed E-state index contributed by atoms with van der Waals surface area (Å²) in [5.74, 6) is -0.389. The average Bonchev–Trinajstić information content (AvgIpc) is 2.98. The van der Waals surface area contributed by atoms with E-state index < -0.39 is 5.82 Å². The van der Waals surface area contributed by atoms with Crippen molar-refractivity contribution in [2.45, 2.75) is 31.2 Å². The summed E-state index contributed by atoms with van der Waals surface area (Å²) in [5, 5.41) is 9.60. The molecule has 3 N–H and O–H groups in total. The Morgan fingerprint density at radius 3 is 2.59 bits per heavy atom. The SMILES string of the molecule is COc1c(O)cc(F)c(C2(C(C)N)CC2)c1Br. The lowest BCUT2D eigenvalue weighted by molar-refractivity contribution is 0.364. The van der Waals surface area contributed by atoms with E-state index in [4.69, 9.17) is 10.5 Å². The minimum atomic E-state index is -0.440. The minimum absolute atomic E-state index is 0.137. The Morgan fingerprint density at radius 2 is 2.18 bits per heavy atom. The molecular weight excluding hydrogens is 289 g/mol. The van der Waals surface area contributed by atoms with Crippen LogP contribution in [0.4, 0.5) is 4.39 Å². The van der Waals surface area contributed by atoms with Gasteiger partial charge in [0.1, 0.15) is 5.82 Å². The molecule has 1 aromatic carbocycles. The number of aromatic hydroxyl groups is 1. The molecular formula is C12H15BrFNO2. The van der Waals surface area contributed by atoms with Gasteiger partial charge in [-0.3, -0.25) is 0 Å². The molecule has 0 radical (unpaired) electrons. The number of rotatable bonds is 3. The number of ether oxygens (including phenoxy) is 1. The summed E-state index contributed by atoms with van der Waals surface area (Å²) < 4.78 is 19.6. The molecule has 1 fully saturated rings. The van der Waals surface area contributed by atoms with Crippen LogP contribution in [0.3, 0.4) is 0 Å². The number of halogens is 2. The molecule has 0 saturated heterocycles.